The monoisotopic (exact) mass is 1080 g/mol. The summed E-state index contributed by atoms with van der Waals surface area (Å²) in [5.74, 6) is -4.14. The summed E-state index contributed by atoms with van der Waals surface area (Å²) in [6, 6.07) is 0. The summed E-state index contributed by atoms with van der Waals surface area (Å²) in [6.07, 6.45) is 15.7. The van der Waals surface area contributed by atoms with E-state index < -0.39 is 105 Å². The molecule has 9 aliphatic carbocycles. The van der Waals surface area contributed by atoms with Gasteiger partial charge in [0, 0.05) is 61.7 Å². The molecule has 7 saturated carbocycles. The number of ether oxygens (including phenoxy) is 2. The van der Waals surface area contributed by atoms with Crippen LogP contribution in [0.15, 0.2) is 46.8 Å². The average molecular weight is 1080 g/mol. The number of hydrogen-bond acceptors (Lipinski definition) is 15. The van der Waals surface area contributed by atoms with E-state index in [4.69, 9.17) is 15.2 Å². The number of allylic oxidation sites excluding steroid dienone is 5. The quantitative estimate of drug-likeness (QED) is 0.0969. The van der Waals surface area contributed by atoms with Crippen molar-refractivity contribution in [3.63, 3.8) is 0 Å². The molecule has 15 nitrogen and oxygen atoms in total. The van der Waals surface area contributed by atoms with Gasteiger partial charge in [-0.2, -0.15) is 0 Å². The zero-order valence-electron chi connectivity index (χ0n) is 46.7. The number of Topliss-reactive ketones (excluding diaryl/α,β-unsaturated/α-hetero) is 1. The minimum atomic E-state index is -1.95. The minimum absolute atomic E-state index is 0.00116. The molecule has 432 valence electrons. The summed E-state index contributed by atoms with van der Waals surface area (Å²) in [5.41, 5.74) is -1.20. The SMILES string of the molecule is CCC[C@@H]1CC[C@H]2[C@H]3[C@@H](O[C@@H]2CC1)[C@@](O)([C@](C)(O)[C@H]1CC[C@@]2(O)C4=C(NC[C@H](C)O)C(=O)[C@@H]5[C@H]6CC[C@@H]7[C@@H](C8=C(CCCO)NC(N)C=C8)C=C[C@@](O)(C[C@]12C1CCC(CCOC)CC1)[C@@H]4[C@]75C[C@H](O)[C@@H]6O)CCC[C@@H]3O. The Hall–Kier alpha value is -2.25. The van der Waals surface area contributed by atoms with Crippen LogP contribution < -0.4 is 16.4 Å². The van der Waals surface area contributed by atoms with Crippen molar-refractivity contribution in [3.8, 4) is 0 Å². The first-order valence-corrected chi connectivity index (χ1v) is 30.8. The molecule has 77 heavy (non-hydrogen) atoms. The van der Waals surface area contributed by atoms with Crippen LogP contribution in [0.2, 0.25) is 0 Å². The van der Waals surface area contributed by atoms with Crippen LogP contribution in [0, 0.1) is 75.9 Å². The number of rotatable bonds is 15. The summed E-state index contributed by atoms with van der Waals surface area (Å²) >= 11 is 0. The molecule has 0 amide bonds. The van der Waals surface area contributed by atoms with Gasteiger partial charge in [0.25, 0.3) is 0 Å². The molecule has 1 saturated heterocycles. The largest absolute Gasteiger partial charge is 0.396 e. The van der Waals surface area contributed by atoms with E-state index >= 15 is 9.90 Å². The molecular weight excluding hydrogens is 979 g/mol. The number of aliphatic hydroxyl groups excluding tert-OH is 5. The van der Waals surface area contributed by atoms with Gasteiger partial charge in [0.05, 0.1) is 65.3 Å². The Morgan fingerprint density at radius 1 is 0.935 bits per heavy atom. The van der Waals surface area contributed by atoms with E-state index in [-0.39, 0.29) is 80.6 Å². The van der Waals surface area contributed by atoms with E-state index in [9.17, 15) is 40.9 Å². The number of carbonyl (C=O) groups is 1. The molecule has 2 aliphatic heterocycles. The van der Waals surface area contributed by atoms with Crippen molar-refractivity contribution in [3.05, 3.63) is 46.8 Å². The van der Waals surface area contributed by atoms with Crippen LogP contribution in [-0.2, 0) is 14.3 Å². The normalized spacial score (nSPS) is 49.3. The topological polar surface area (TPSA) is 268 Å². The molecule has 13 N–H and O–H groups in total. The van der Waals surface area contributed by atoms with Gasteiger partial charge in [-0.3, -0.25) is 4.79 Å². The van der Waals surface area contributed by atoms with E-state index in [0.29, 0.717) is 75.4 Å². The van der Waals surface area contributed by atoms with Crippen molar-refractivity contribution in [2.24, 2.45) is 81.7 Å². The fraction of sp³-hybridized carbons (Fsp3) is 0.855. The molecule has 0 aromatic rings. The standard InChI is InChI=1S/C62H97N3O12/c1-5-8-35-13-17-40-46(21-14-35)77-56-49(40)44(68)10-6-26-62(56,75)57(3,72)47-24-28-61(74)51-52(64-32-34(2)67)54(71)50-41-18-20-42-38(39-19-22-48(63)65-43(39)9-7-29-66)23-27-58(73,55(51)59(42,50)31-45(69)53(41)70)33-60(47,61)37-15-11-36(12-16-37)25-30-76-4/h19,22-23,27,34-38,40-42,44-50,53,55-56,64-70,72-75H,5-18,20-21,24-26,28-33,63H2,1-4H3/t34-,35+,36?,37?,38+,40+,41+,42+,44-,45-,46+,47+,48?,49+,50-,53+,55+,56+,57+,58+,59+,60-,61+,62+/m0/s1. The third-order valence-electron chi connectivity index (χ3n) is 23.9. The van der Waals surface area contributed by atoms with Crippen LogP contribution in [-0.4, -0.2) is 144 Å². The van der Waals surface area contributed by atoms with Crippen LogP contribution in [0.1, 0.15) is 162 Å². The van der Waals surface area contributed by atoms with Crippen molar-refractivity contribution >= 4 is 5.78 Å². The van der Waals surface area contributed by atoms with Crippen molar-refractivity contribution in [1.29, 1.82) is 0 Å². The number of hydrogen-bond donors (Lipinski definition) is 12. The van der Waals surface area contributed by atoms with Gasteiger partial charge in [-0.25, -0.2) is 0 Å². The van der Waals surface area contributed by atoms with E-state index in [1.165, 1.54) is 0 Å². The van der Waals surface area contributed by atoms with Gasteiger partial charge in [0.15, 0.2) is 5.78 Å². The second kappa shape index (κ2) is 21.2. The van der Waals surface area contributed by atoms with E-state index in [1.54, 1.807) is 21.0 Å². The number of ketones is 1. The van der Waals surface area contributed by atoms with E-state index in [2.05, 4.69) is 23.6 Å². The molecule has 2 heterocycles. The maximum Gasteiger partial charge on any atom is 0.182 e. The van der Waals surface area contributed by atoms with Gasteiger partial charge < -0.3 is 71.8 Å². The summed E-state index contributed by atoms with van der Waals surface area (Å²) in [4.78, 5) is 16.4. The van der Waals surface area contributed by atoms with Crippen LogP contribution in [0.5, 0.6) is 0 Å². The van der Waals surface area contributed by atoms with Crippen molar-refractivity contribution in [2.75, 3.05) is 26.9 Å². The highest BCUT2D eigenvalue weighted by atomic mass is 16.5. The van der Waals surface area contributed by atoms with Crippen LogP contribution in [0.3, 0.4) is 0 Å². The van der Waals surface area contributed by atoms with Crippen LogP contribution >= 0.6 is 0 Å². The number of nitrogens with one attached hydrogen (secondary N) is 2. The highest BCUT2D eigenvalue weighted by Gasteiger charge is 2.82. The van der Waals surface area contributed by atoms with Crippen LogP contribution in [0.4, 0.5) is 0 Å². The first-order valence-electron chi connectivity index (χ1n) is 30.8. The molecule has 2 bridgehead atoms. The van der Waals surface area contributed by atoms with Gasteiger partial charge in [-0.1, -0.05) is 57.3 Å². The number of carbonyl (C=O) groups excluding carboxylic acids is 1. The third-order valence-corrected chi connectivity index (χ3v) is 23.9. The predicted molar refractivity (Wildman–Crippen MR) is 290 cm³/mol. The molecular formula is C62H97N3O12. The lowest BCUT2D eigenvalue weighted by Gasteiger charge is -2.71. The number of fused-ring (bicyclic) bond motifs is 5. The Bertz CT molecular complexity index is 2310. The minimum Gasteiger partial charge on any atom is -0.396 e. The molecule has 11 rings (SSSR count). The van der Waals surface area contributed by atoms with Crippen LogP contribution in [0.25, 0.3) is 0 Å². The lowest BCUT2D eigenvalue weighted by molar-refractivity contribution is -0.282. The average Bonchev–Trinajstić information content (AvgIpc) is 3.22. The summed E-state index contributed by atoms with van der Waals surface area (Å²) in [7, 11) is 1.72. The summed E-state index contributed by atoms with van der Waals surface area (Å²) in [5, 5.41) is 123. The zero-order valence-corrected chi connectivity index (χ0v) is 46.7. The molecule has 15 heteroatoms. The molecule has 1 spiro atoms. The fourth-order valence-corrected chi connectivity index (χ4v) is 20.9. The van der Waals surface area contributed by atoms with Gasteiger partial charge in [-0.15, -0.1) is 0 Å². The second-order valence-corrected chi connectivity index (χ2v) is 27.5. The second-order valence-electron chi connectivity index (χ2n) is 27.5. The highest BCUT2D eigenvalue weighted by molar-refractivity contribution is 6.00. The first kappa shape index (κ1) is 56.6. The Kier molecular flexibility index (Phi) is 15.6. The lowest BCUT2D eigenvalue weighted by atomic mass is 9.34. The van der Waals surface area contributed by atoms with E-state index in [1.807, 2.05) is 18.2 Å². The Labute approximate surface area is 457 Å². The maximum absolute atomic E-state index is 16.4. The van der Waals surface area contributed by atoms with Crippen molar-refractivity contribution < 1.29 is 60.2 Å². The smallest absolute Gasteiger partial charge is 0.182 e. The number of dihydropyridines is 1. The van der Waals surface area contributed by atoms with Crippen molar-refractivity contribution in [1.82, 2.24) is 10.6 Å². The number of nitrogens with two attached hydrogens (primary N) is 1. The summed E-state index contributed by atoms with van der Waals surface area (Å²) in [6.45, 7) is 6.18. The molecule has 8 fully saturated rings. The molecule has 22 atom stereocenters. The zero-order chi connectivity index (χ0) is 54.6. The van der Waals surface area contributed by atoms with Gasteiger partial charge in [-0.05, 0) is 187 Å². The lowest BCUT2D eigenvalue weighted by Crippen LogP contribution is -2.76. The molecule has 1 unspecified atom stereocenters. The first-order chi connectivity index (χ1) is 36.8. The molecule has 11 aliphatic rings. The molecule has 0 aromatic heterocycles. The Morgan fingerprint density at radius 2 is 1.66 bits per heavy atom. The Balaban J connectivity index is 1.13. The summed E-state index contributed by atoms with van der Waals surface area (Å²) < 4.78 is 12.8. The molecule has 0 radical (unpaired) electrons. The number of aliphatic hydroxyl groups is 9. The number of methoxy groups -OCH3 is 1. The third kappa shape index (κ3) is 8.63. The maximum atomic E-state index is 16.4. The molecule has 0 aromatic carbocycles. The highest BCUT2D eigenvalue weighted by Crippen LogP contribution is 2.79. The predicted octanol–water partition coefficient (Wildman–Crippen LogP) is 4.94. The van der Waals surface area contributed by atoms with Gasteiger partial charge in [0.1, 0.15) is 5.60 Å². The van der Waals surface area contributed by atoms with E-state index in [0.717, 1.165) is 69.1 Å². The van der Waals surface area contributed by atoms with Gasteiger partial charge >= 0.3 is 0 Å². The van der Waals surface area contributed by atoms with Gasteiger partial charge in [0.2, 0.25) is 0 Å². The van der Waals surface area contributed by atoms with Crippen molar-refractivity contribution in [2.45, 2.75) is 227 Å². The Morgan fingerprint density at radius 3 is 2.39 bits per heavy atom. The fourth-order valence-electron chi connectivity index (χ4n) is 20.9.